The Bertz CT molecular complexity index is 565. The molecule has 1 aromatic rings. The number of rotatable bonds is 8. The van der Waals surface area contributed by atoms with Crippen LogP contribution in [0.15, 0.2) is 27.8 Å². The Morgan fingerprint density at radius 1 is 1.11 bits per heavy atom. The SMILES string of the molecule is CCNC(=NCC(C)N1CCOCC1)NCC(c1ccco1)N1CCCCC1. The Kier molecular flexibility index (Phi) is 8.64. The second-order valence-electron chi connectivity index (χ2n) is 7.73. The van der Waals surface area contributed by atoms with Crippen molar-refractivity contribution in [2.45, 2.75) is 45.2 Å². The molecule has 0 aromatic carbocycles. The lowest BCUT2D eigenvalue weighted by molar-refractivity contribution is 0.0220. The van der Waals surface area contributed by atoms with Gasteiger partial charge >= 0.3 is 0 Å². The largest absolute Gasteiger partial charge is 0.468 e. The van der Waals surface area contributed by atoms with Gasteiger partial charge in [-0.05, 0) is 51.9 Å². The second-order valence-corrected chi connectivity index (χ2v) is 7.73. The molecule has 0 amide bonds. The van der Waals surface area contributed by atoms with Gasteiger partial charge in [0.05, 0.1) is 32.1 Å². The molecule has 2 N–H and O–H groups in total. The summed E-state index contributed by atoms with van der Waals surface area (Å²) in [6.07, 6.45) is 5.64. The highest BCUT2D eigenvalue weighted by atomic mass is 16.5. The molecule has 0 aliphatic carbocycles. The van der Waals surface area contributed by atoms with Crippen molar-refractivity contribution >= 4 is 5.96 Å². The van der Waals surface area contributed by atoms with E-state index in [1.165, 1.54) is 19.3 Å². The van der Waals surface area contributed by atoms with E-state index in [1.807, 2.05) is 6.07 Å². The number of ether oxygens (including phenoxy) is 1. The van der Waals surface area contributed by atoms with Crippen molar-refractivity contribution in [2.75, 3.05) is 59.0 Å². The van der Waals surface area contributed by atoms with Crippen LogP contribution in [0, 0.1) is 0 Å². The summed E-state index contributed by atoms with van der Waals surface area (Å²) in [5.41, 5.74) is 0. The van der Waals surface area contributed by atoms with Gasteiger partial charge in [0.2, 0.25) is 0 Å². The summed E-state index contributed by atoms with van der Waals surface area (Å²) in [4.78, 5) is 9.84. The summed E-state index contributed by atoms with van der Waals surface area (Å²) < 4.78 is 11.2. The third kappa shape index (κ3) is 6.22. The maximum atomic E-state index is 5.76. The Morgan fingerprint density at radius 3 is 2.57 bits per heavy atom. The van der Waals surface area contributed by atoms with Crippen LogP contribution in [0.3, 0.4) is 0 Å². The topological polar surface area (TPSA) is 65.3 Å². The third-order valence-electron chi connectivity index (χ3n) is 5.69. The van der Waals surface area contributed by atoms with Crippen molar-refractivity contribution < 1.29 is 9.15 Å². The average molecular weight is 392 g/mol. The lowest BCUT2D eigenvalue weighted by atomic mass is 10.1. The van der Waals surface area contributed by atoms with E-state index >= 15 is 0 Å². The highest BCUT2D eigenvalue weighted by molar-refractivity contribution is 5.79. The van der Waals surface area contributed by atoms with Gasteiger partial charge in [-0.25, -0.2) is 0 Å². The normalized spacial score (nSPS) is 22.0. The first-order chi connectivity index (χ1) is 13.8. The van der Waals surface area contributed by atoms with Crippen molar-refractivity contribution in [3.05, 3.63) is 24.2 Å². The predicted octanol–water partition coefficient (Wildman–Crippen LogP) is 2.08. The molecule has 7 nitrogen and oxygen atoms in total. The highest BCUT2D eigenvalue weighted by Crippen LogP contribution is 2.24. The fourth-order valence-electron chi connectivity index (χ4n) is 4.01. The van der Waals surface area contributed by atoms with Crippen LogP contribution < -0.4 is 10.6 Å². The smallest absolute Gasteiger partial charge is 0.191 e. The average Bonchev–Trinajstić information content (AvgIpc) is 3.28. The molecule has 7 heteroatoms. The maximum absolute atomic E-state index is 5.76. The number of hydrogen-bond acceptors (Lipinski definition) is 5. The van der Waals surface area contributed by atoms with E-state index in [0.29, 0.717) is 6.04 Å². The molecule has 2 atom stereocenters. The molecule has 2 unspecified atom stereocenters. The Labute approximate surface area is 169 Å². The van der Waals surface area contributed by atoms with Crippen molar-refractivity contribution in [2.24, 2.45) is 4.99 Å². The van der Waals surface area contributed by atoms with Gasteiger partial charge in [-0.3, -0.25) is 14.8 Å². The number of nitrogens with one attached hydrogen (secondary N) is 2. The van der Waals surface area contributed by atoms with Gasteiger partial charge in [-0.15, -0.1) is 0 Å². The van der Waals surface area contributed by atoms with Gasteiger partial charge in [-0.1, -0.05) is 6.42 Å². The van der Waals surface area contributed by atoms with Crippen LogP contribution in [-0.2, 0) is 4.74 Å². The first kappa shape index (κ1) is 21.1. The molecule has 2 aliphatic heterocycles. The molecule has 0 spiro atoms. The number of hydrogen-bond donors (Lipinski definition) is 2. The molecule has 0 radical (unpaired) electrons. The standard InChI is InChI=1S/C21H37N5O2/c1-3-22-21(23-16-18(2)25-11-14-27-15-12-25)24-17-19(20-8-7-13-28-20)26-9-5-4-6-10-26/h7-8,13,18-19H,3-6,9-12,14-17H2,1-2H3,(H2,22,23,24). The van der Waals surface area contributed by atoms with E-state index in [9.17, 15) is 0 Å². The zero-order chi connectivity index (χ0) is 19.6. The van der Waals surface area contributed by atoms with Gasteiger partial charge in [0.25, 0.3) is 0 Å². The first-order valence-corrected chi connectivity index (χ1v) is 10.9. The summed E-state index contributed by atoms with van der Waals surface area (Å²) >= 11 is 0. The van der Waals surface area contributed by atoms with Crippen LogP contribution in [0.2, 0.25) is 0 Å². The maximum Gasteiger partial charge on any atom is 0.191 e. The molecule has 3 heterocycles. The molecule has 2 fully saturated rings. The minimum Gasteiger partial charge on any atom is -0.468 e. The van der Waals surface area contributed by atoms with Crippen LogP contribution in [0.25, 0.3) is 0 Å². The second kappa shape index (κ2) is 11.4. The van der Waals surface area contributed by atoms with E-state index < -0.39 is 0 Å². The fraction of sp³-hybridized carbons (Fsp3) is 0.762. The lowest BCUT2D eigenvalue weighted by Crippen LogP contribution is -2.46. The quantitative estimate of drug-likeness (QED) is 0.523. The van der Waals surface area contributed by atoms with Crippen molar-refractivity contribution in [1.29, 1.82) is 0 Å². The number of piperidine rings is 1. The summed E-state index contributed by atoms with van der Waals surface area (Å²) in [6.45, 7) is 12.7. The number of likely N-dealkylation sites (tertiary alicyclic amines) is 1. The van der Waals surface area contributed by atoms with Crippen LogP contribution in [0.1, 0.15) is 44.9 Å². The summed E-state index contributed by atoms with van der Waals surface area (Å²) in [7, 11) is 0. The van der Waals surface area contributed by atoms with E-state index in [4.69, 9.17) is 14.1 Å². The minimum absolute atomic E-state index is 0.246. The molecule has 0 bridgehead atoms. The number of furan rings is 1. The molecular formula is C21H37N5O2. The number of aliphatic imine (C=N–C) groups is 1. The van der Waals surface area contributed by atoms with Gasteiger partial charge in [0.15, 0.2) is 5.96 Å². The highest BCUT2D eigenvalue weighted by Gasteiger charge is 2.24. The van der Waals surface area contributed by atoms with E-state index in [-0.39, 0.29) is 6.04 Å². The molecule has 2 aliphatic rings. The van der Waals surface area contributed by atoms with Crippen LogP contribution in [0.5, 0.6) is 0 Å². The van der Waals surface area contributed by atoms with Crippen LogP contribution in [-0.4, -0.2) is 80.8 Å². The monoisotopic (exact) mass is 391 g/mol. The van der Waals surface area contributed by atoms with E-state index in [1.54, 1.807) is 6.26 Å². The van der Waals surface area contributed by atoms with Gasteiger partial charge < -0.3 is 19.8 Å². The van der Waals surface area contributed by atoms with Gasteiger partial charge in [-0.2, -0.15) is 0 Å². The van der Waals surface area contributed by atoms with Crippen LogP contribution >= 0.6 is 0 Å². The van der Waals surface area contributed by atoms with E-state index in [0.717, 1.165) is 70.7 Å². The predicted molar refractivity (Wildman–Crippen MR) is 113 cm³/mol. The van der Waals surface area contributed by atoms with Crippen molar-refractivity contribution in [3.63, 3.8) is 0 Å². The van der Waals surface area contributed by atoms with Crippen molar-refractivity contribution in [3.8, 4) is 0 Å². The zero-order valence-corrected chi connectivity index (χ0v) is 17.5. The third-order valence-corrected chi connectivity index (χ3v) is 5.69. The first-order valence-electron chi connectivity index (χ1n) is 10.9. The molecule has 158 valence electrons. The Hall–Kier alpha value is -1.57. The molecule has 28 heavy (non-hydrogen) atoms. The summed E-state index contributed by atoms with van der Waals surface area (Å²) in [5.74, 6) is 1.92. The fourth-order valence-corrected chi connectivity index (χ4v) is 4.01. The summed E-state index contributed by atoms with van der Waals surface area (Å²) in [6, 6.07) is 4.74. The Morgan fingerprint density at radius 2 is 1.89 bits per heavy atom. The minimum atomic E-state index is 0.246. The van der Waals surface area contributed by atoms with E-state index in [2.05, 4.69) is 40.3 Å². The van der Waals surface area contributed by atoms with Crippen LogP contribution in [0.4, 0.5) is 0 Å². The molecule has 0 saturated carbocycles. The lowest BCUT2D eigenvalue weighted by Gasteiger charge is -2.34. The molecule has 1 aromatic heterocycles. The number of nitrogens with zero attached hydrogens (tertiary/aromatic N) is 3. The molecular weight excluding hydrogens is 354 g/mol. The number of guanidine groups is 1. The van der Waals surface area contributed by atoms with Gasteiger partial charge in [0, 0.05) is 32.2 Å². The number of morpholine rings is 1. The molecule has 2 saturated heterocycles. The Balaban J connectivity index is 1.58. The zero-order valence-electron chi connectivity index (χ0n) is 17.5. The van der Waals surface area contributed by atoms with Crippen molar-refractivity contribution in [1.82, 2.24) is 20.4 Å². The summed E-state index contributed by atoms with van der Waals surface area (Å²) in [5, 5.41) is 6.95. The molecule has 3 rings (SSSR count). The van der Waals surface area contributed by atoms with Gasteiger partial charge in [0.1, 0.15) is 5.76 Å².